The number of phenols is 1. The molecule has 0 aromatic heterocycles. The van der Waals surface area contributed by atoms with Crippen LogP contribution in [-0.4, -0.2) is 18.4 Å². The lowest BCUT2D eigenvalue weighted by molar-refractivity contribution is -0.386. The van der Waals surface area contributed by atoms with Crippen molar-refractivity contribution in [2.24, 2.45) is 0 Å². The second kappa shape index (κ2) is 5.29. The fraction of sp³-hybridized carbons (Fsp3) is 0. The van der Waals surface area contributed by atoms with E-state index in [1.807, 2.05) is 0 Å². The van der Waals surface area contributed by atoms with E-state index in [-0.39, 0.29) is 10.6 Å². The van der Waals surface area contributed by atoms with Crippen LogP contribution in [0, 0.1) is 10.1 Å². The Labute approximate surface area is 120 Å². The molecule has 21 heavy (non-hydrogen) atoms. The monoisotopic (exact) mass is 309 g/mol. The minimum absolute atomic E-state index is 0.264. The smallest absolute Gasteiger partial charge is 0.312 e. The van der Waals surface area contributed by atoms with Crippen molar-refractivity contribution in [2.75, 3.05) is 10.5 Å². The Hall–Kier alpha value is -2.81. The largest absolute Gasteiger partial charge is 0.502 e. The molecule has 0 aliphatic heterocycles. The van der Waals surface area contributed by atoms with Gasteiger partial charge in [-0.1, -0.05) is 0 Å². The van der Waals surface area contributed by atoms with Gasteiger partial charge in [-0.3, -0.25) is 14.8 Å². The van der Waals surface area contributed by atoms with E-state index in [0.29, 0.717) is 5.69 Å². The summed E-state index contributed by atoms with van der Waals surface area (Å²) in [5.41, 5.74) is 5.54. The number of phenolic OH excluding ortho intramolecular Hbond substituents is 1. The van der Waals surface area contributed by atoms with E-state index in [9.17, 15) is 23.6 Å². The van der Waals surface area contributed by atoms with E-state index in [0.717, 1.165) is 18.2 Å². The fourth-order valence-electron chi connectivity index (χ4n) is 1.58. The molecule has 2 rings (SSSR count). The van der Waals surface area contributed by atoms with Crippen molar-refractivity contribution in [2.45, 2.75) is 4.90 Å². The normalized spacial score (nSPS) is 11.0. The Bertz CT molecular complexity index is 787. The number of anilines is 2. The first-order valence-electron chi connectivity index (χ1n) is 5.65. The number of hydrogen-bond acceptors (Lipinski definition) is 6. The van der Waals surface area contributed by atoms with Crippen molar-refractivity contribution >= 4 is 27.1 Å². The van der Waals surface area contributed by atoms with E-state index in [1.54, 1.807) is 0 Å². The van der Waals surface area contributed by atoms with E-state index in [4.69, 9.17) is 5.73 Å². The molecular weight excluding hydrogens is 298 g/mol. The van der Waals surface area contributed by atoms with Crippen LogP contribution in [0.2, 0.25) is 0 Å². The average Bonchev–Trinajstić information content (AvgIpc) is 2.41. The molecule has 2 aromatic rings. The molecule has 0 atom stereocenters. The Balaban J connectivity index is 2.38. The number of rotatable bonds is 4. The van der Waals surface area contributed by atoms with Gasteiger partial charge in [-0.25, -0.2) is 8.42 Å². The van der Waals surface area contributed by atoms with E-state index in [2.05, 4.69) is 4.72 Å². The predicted octanol–water partition coefficient (Wildman–Crippen LogP) is 1.68. The lowest BCUT2D eigenvalue weighted by Gasteiger charge is -2.08. The molecule has 4 N–H and O–H groups in total. The van der Waals surface area contributed by atoms with Crippen LogP contribution in [0.5, 0.6) is 5.75 Å². The highest BCUT2D eigenvalue weighted by Gasteiger charge is 2.21. The van der Waals surface area contributed by atoms with Gasteiger partial charge >= 0.3 is 5.69 Å². The van der Waals surface area contributed by atoms with Gasteiger partial charge in [0.15, 0.2) is 5.75 Å². The van der Waals surface area contributed by atoms with Crippen molar-refractivity contribution in [3.8, 4) is 5.75 Å². The second-order valence-electron chi connectivity index (χ2n) is 4.14. The third-order valence-corrected chi connectivity index (χ3v) is 4.00. The number of nitro groups is 1. The standard InChI is InChI=1S/C12H11N3O5S/c13-8-1-3-9(4-2-8)14-21(19,20)10-5-6-12(16)11(7-10)15(17)18/h1-7,14,16H,13H2. The molecule has 0 fully saturated rings. The molecule has 2 aromatic carbocycles. The number of benzene rings is 2. The predicted molar refractivity (Wildman–Crippen MR) is 76.4 cm³/mol. The molecule has 0 saturated carbocycles. The van der Waals surface area contributed by atoms with E-state index < -0.39 is 26.4 Å². The molecule has 0 bridgehead atoms. The lowest BCUT2D eigenvalue weighted by atomic mass is 10.3. The summed E-state index contributed by atoms with van der Waals surface area (Å²) in [6.07, 6.45) is 0. The van der Waals surface area contributed by atoms with Crippen molar-refractivity contribution in [1.82, 2.24) is 0 Å². The first-order chi connectivity index (χ1) is 9.79. The van der Waals surface area contributed by atoms with Crippen LogP contribution >= 0.6 is 0 Å². The average molecular weight is 309 g/mol. The number of nitrogens with two attached hydrogens (primary N) is 1. The summed E-state index contributed by atoms with van der Waals surface area (Å²) in [5, 5.41) is 20.0. The van der Waals surface area contributed by atoms with Crippen molar-refractivity contribution in [1.29, 1.82) is 0 Å². The maximum atomic E-state index is 12.1. The first-order valence-corrected chi connectivity index (χ1v) is 7.14. The maximum Gasteiger partial charge on any atom is 0.312 e. The maximum absolute atomic E-state index is 12.1. The molecule has 0 spiro atoms. The van der Waals surface area contributed by atoms with E-state index in [1.165, 1.54) is 24.3 Å². The first kappa shape index (κ1) is 14.6. The Morgan fingerprint density at radius 1 is 1.14 bits per heavy atom. The van der Waals surface area contributed by atoms with Gasteiger partial charge < -0.3 is 10.8 Å². The van der Waals surface area contributed by atoms with Crippen molar-refractivity contribution in [3.63, 3.8) is 0 Å². The van der Waals surface area contributed by atoms with Crippen LogP contribution in [0.4, 0.5) is 17.1 Å². The summed E-state index contributed by atoms with van der Waals surface area (Å²) in [6, 6.07) is 8.75. The highest BCUT2D eigenvalue weighted by Crippen LogP contribution is 2.29. The zero-order valence-corrected chi connectivity index (χ0v) is 11.4. The summed E-state index contributed by atoms with van der Waals surface area (Å²) >= 11 is 0. The molecule has 0 aliphatic carbocycles. The lowest BCUT2D eigenvalue weighted by Crippen LogP contribution is -2.13. The number of sulfonamides is 1. The number of nitro benzene ring substituents is 1. The summed E-state index contributed by atoms with van der Waals surface area (Å²) in [4.78, 5) is 9.52. The zero-order valence-electron chi connectivity index (χ0n) is 10.6. The highest BCUT2D eigenvalue weighted by atomic mass is 32.2. The third kappa shape index (κ3) is 3.20. The minimum atomic E-state index is -4.01. The SMILES string of the molecule is Nc1ccc(NS(=O)(=O)c2ccc(O)c([N+](=O)[O-])c2)cc1. The van der Waals surface area contributed by atoms with E-state index >= 15 is 0 Å². The number of aromatic hydroxyl groups is 1. The minimum Gasteiger partial charge on any atom is -0.502 e. The number of nitrogens with one attached hydrogen (secondary N) is 1. The van der Waals surface area contributed by atoms with Gasteiger partial charge in [-0.2, -0.15) is 0 Å². The third-order valence-electron chi connectivity index (χ3n) is 2.62. The summed E-state index contributed by atoms with van der Waals surface area (Å²) in [7, 11) is -4.01. The Kier molecular flexibility index (Phi) is 3.68. The Morgan fingerprint density at radius 3 is 2.33 bits per heavy atom. The summed E-state index contributed by atoms with van der Waals surface area (Å²) in [6.45, 7) is 0. The van der Waals surface area contributed by atoms with Crippen LogP contribution in [0.25, 0.3) is 0 Å². The van der Waals surface area contributed by atoms with Crippen LogP contribution in [-0.2, 0) is 10.0 Å². The number of nitrogens with zero attached hydrogens (tertiary/aromatic N) is 1. The molecule has 0 radical (unpaired) electrons. The fourth-order valence-corrected chi connectivity index (χ4v) is 2.66. The van der Waals surface area contributed by atoms with Gasteiger partial charge in [-0.15, -0.1) is 0 Å². The zero-order chi connectivity index (χ0) is 15.6. The molecule has 0 heterocycles. The summed E-state index contributed by atoms with van der Waals surface area (Å²) in [5.74, 6) is -0.605. The van der Waals surface area contributed by atoms with Crippen LogP contribution < -0.4 is 10.5 Å². The number of nitrogen functional groups attached to an aromatic ring is 1. The quantitative estimate of drug-likeness (QED) is 0.446. The van der Waals surface area contributed by atoms with Crippen LogP contribution in [0.1, 0.15) is 0 Å². The van der Waals surface area contributed by atoms with Crippen LogP contribution in [0.3, 0.4) is 0 Å². The van der Waals surface area contributed by atoms with Gasteiger partial charge in [0.1, 0.15) is 0 Å². The molecule has 0 amide bonds. The summed E-state index contributed by atoms with van der Waals surface area (Å²) < 4.78 is 26.5. The number of hydrogen-bond donors (Lipinski definition) is 3. The van der Waals surface area contributed by atoms with Gasteiger partial charge in [0.25, 0.3) is 10.0 Å². The molecule has 9 heteroatoms. The molecule has 0 aliphatic rings. The molecular formula is C12H11N3O5S. The van der Waals surface area contributed by atoms with Gasteiger partial charge in [0.05, 0.1) is 9.82 Å². The molecule has 0 saturated heterocycles. The van der Waals surface area contributed by atoms with Gasteiger partial charge in [0, 0.05) is 17.4 Å². The molecule has 0 unspecified atom stereocenters. The molecule has 8 nitrogen and oxygen atoms in total. The second-order valence-corrected chi connectivity index (χ2v) is 5.82. The van der Waals surface area contributed by atoms with Crippen molar-refractivity contribution in [3.05, 3.63) is 52.6 Å². The highest BCUT2D eigenvalue weighted by molar-refractivity contribution is 7.92. The Morgan fingerprint density at radius 2 is 1.76 bits per heavy atom. The van der Waals surface area contributed by atoms with Gasteiger partial charge in [-0.05, 0) is 36.4 Å². The topological polar surface area (TPSA) is 136 Å². The van der Waals surface area contributed by atoms with Crippen molar-refractivity contribution < 1.29 is 18.4 Å². The molecule has 110 valence electrons. The van der Waals surface area contributed by atoms with Gasteiger partial charge in [0.2, 0.25) is 0 Å². The van der Waals surface area contributed by atoms with Crippen LogP contribution in [0.15, 0.2) is 47.4 Å².